The van der Waals surface area contributed by atoms with Crippen molar-refractivity contribution >= 4 is 40.0 Å². The Morgan fingerprint density at radius 3 is 2.81 bits per heavy atom. The van der Waals surface area contributed by atoms with Crippen LogP contribution < -0.4 is 10.6 Å². The Morgan fingerprint density at radius 2 is 2.07 bits per heavy atom. The van der Waals surface area contributed by atoms with Gasteiger partial charge in [-0.3, -0.25) is 9.59 Å². The van der Waals surface area contributed by atoms with E-state index in [-0.39, 0.29) is 24.1 Å². The number of thiazole rings is 1. The van der Waals surface area contributed by atoms with E-state index in [0.717, 1.165) is 5.56 Å². The van der Waals surface area contributed by atoms with Crippen LogP contribution in [0.25, 0.3) is 0 Å². The molecule has 0 aliphatic rings. The number of aromatic nitrogens is 4. The van der Waals surface area contributed by atoms with Gasteiger partial charge in [-0.25, -0.2) is 4.98 Å². The Balaban J connectivity index is 1.53. The van der Waals surface area contributed by atoms with Gasteiger partial charge in [0.15, 0.2) is 16.1 Å². The van der Waals surface area contributed by atoms with Gasteiger partial charge in [-0.2, -0.15) is 0 Å². The van der Waals surface area contributed by atoms with E-state index >= 15 is 0 Å². The number of aryl methyl sites for hydroxylation is 1. The van der Waals surface area contributed by atoms with Gasteiger partial charge in [0, 0.05) is 24.2 Å². The van der Waals surface area contributed by atoms with E-state index in [1.807, 2.05) is 25.1 Å². The zero-order valence-corrected chi connectivity index (χ0v) is 16.4. The van der Waals surface area contributed by atoms with Crippen LogP contribution in [0.2, 0.25) is 0 Å². The van der Waals surface area contributed by atoms with Crippen LogP contribution >= 0.6 is 23.1 Å². The van der Waals surface area contributed by atoms with Crippen molar-refractivity contribution in [3.05, 3.63) is 52.8 Å². The number of nitrogens with one attached hydrogen (secondary N) is 2. The molecule has 0 radical (unpaired) electrons. The Kier molecular flexibility index (Phi) is 6.20. The van der Waals surface area contributed by atoms with Gasteiger partial charge in [0.1, 0.15) is 0 Å². The lowest BCUT2D eigenvalue weighted by Gasteiger charge is -2.07. The lowest BCUT2D eigenvalue weighted by Crippen LogP contribution is -2.25. The number of benzene rings is 1. The minimum Gasteiger partial charge on any atom is -0.345 e. The number of hydrogen-bond donors (Lipinski definition) is 2. The monoisotopic (exact) mass is 402 g/mol. The summed E-state index contributed by atoms with van der Waals surface area (Å²) in [7, 11) is 1.80. The molecular weight excluding hydrogens is 384 g/mol. The SMILES string of the molecule is Cc1ccccc1C(=O)NCc1nnc(SCC(=O)Nc2nccs2)n1C. The Hall–Kier alpha value is -2.72. The van der Waals surface area contributed by atoms with Gasteiger partial charge in [0.2, 0.25) is 5.91 Å². The highest BCUT2D eigenvalue weighted by Crippen LogP contribution is 2.17. The first-order valence-electron chi connectivity index (χ1n) is 8.09. The van der Waals surface area contributed by atoms with E-state index in [2.05, 4.69) is 25.8 Å². The van der Waals surface area contributed by atoms with Crippen LogP contribution in [0.4, 0.5) is 5.13 Å². The molecule has 10 heteroatoms. The Bertz CT molecular complexity index is 939. The number of rotatable bonds is 7. The summed E-state index contributed by atoms with van der Waals surface area (Å²) in [4.78, 5) is 28.2. The molecule has 140 valence electrons. The predicted molar refractivity (Wildman–Crippen MR) is 105 cm³/mol. The standard InChI is InChI=1S/C17H18N6O2S2/c1-11-5-3-4-6-12(11)15(25)19-9-13-21-22-17(23(13)2)27-10-14(24)20-16-18-7-8-26-16/h3-8H,9-10H2,1-2H3,(H,19,25)(H,18,20,24). The van der Waals surface area contributed by atoms with Crippen LogP contribution in [0.15, 0.2) is 41.0 Å². The first-order chi connectivity index (χ1) is 13.0. The van der Waals surface area contributed by atoms with Gasteiger partial charge in [-0.05, 0) is 18.6 Å². The second-order valence-corrected chi connectivity index (χ2v) is 7.47. The van der Waals surface area contributed by atoms with E-state index < -0.39 is 0 Å². The first-order valence-corrected chi connectivity index (χ1v) is 9.95. The summed E-state index contributed by atoms with van der Waals surface area (Å²) in [6.45, 7) is 2.14. The van der Waals surface area contributed by atoms with Gasteiger partial charge < -0.3 is 15.2 Å². The number of carbonyl (C=O) groups is 2. The fraction of sp³-hybridized carbons (Fsp3) is 0.235. The fourth-order valence-electron chi connectivity index (χ4n) is 2.28. The summed E-state index contributed by atoms with van der Waals surface area (Å²) < 4.78 is 1.76. The van der Waals surface area contributed by atoms with Crippen molar-refractivity contribution in [2.75, 3.05) is 11.1 Å². The highest BCUT2D eigenvalue weighted by molar-refractivity contribution is 7.99. The maximum atomic E-state index is 12.3. The molecule has 8 nitrogen and oxygen atoms in total. The summed E-state index contributed by atoms with van der Waals surface area (Å²) in [6.07, 6.45) is 1.63. The van der Waals surface area contributed by atoms with Gasteiger partial charge in [0.25, 0.3) is 5.91 Å². The van der Waals surface area contributed by atoms with Crippen molar-refractivity contribution in [1.29, 1.82) is 0 Å². The molecule has 0 bridgehead atoms. The second kappa shape index (κ2) is 8.78. The molecule has 0 saturated carbocycles. The van der Waals surface area contributed by atoms with Gasteiger partial charge in [-0.15, -0.1) is 21.5 Å². The number of carbonyl (C=O) groups excluding carboxylic acids is 2. The third kappa shape index (κ3) is 4.92. The second-order valence-electron chi connectivity index (χ2n) is 5.63. The fourth-order valence-corrected chi connectivity index (χ4v) is 3.55. The molecule has 0 fully saturated rings. The molecule has 1 aromatic carbocycles. The summed E-state index contributed by atoms with van der Waals surface area (Å²) in [5.41, 5.74) is 1.54. The molecule has 2 heterocycles. The first kappa shape index (κ1) is 19.1. The lowest BCUT2D eigenvalue weighted by atomic mass is 10.1. The maximum Gasteiger partial charge on any atom is 0.251 e. The molecular formula is C17H18N6O2S2. The molecule has 2 amide bonds. The zero-order valence-electron chi connectivity index (χ0n) is 14.8. The number of nitrogens with zero attached hydrogens (tertiary/aromatic N) is 4. The molecule has 0 saturated heterocycles. The van der Waals surface area contributed by atoms with Crippen molar-refractivity contribution in [2.45, 2.75) is 18.6 Å². The highest BCUT2D eigenvalue weighted by atomic mass is 32.2. The van der Waals surface area contributed by atoms with Crippen molar-refractivity contribution in [2.24, 2.45) is 7.05 Å². The van der Waals surface area contributed by atoms with Gasteiger partial charge in [-0.1, -0.05) is 30.0 Å². The number of thioether (sulfide) groups is 1. The average molecular weight is 403 g/mol. The van der Waals surface area contributed by atoms with E-state index in [1.54, 1.807) is 29.3 Å². The molecule has 0 spiro atoms. The van der Waals surface area contributed by atoms with Crippen LogP contribution in [0.5, 0.6) is 0 Å². The number of anilines is 1. The smallest absolute Gasteiger partial charge is 0.251 e. The minimum absolute atomic E-state index is 0.159. The van der Waals surface area contributed by atoms with Gasteiger partial charge >= 0.3 is 0 Å². The van der Waals surface area contributed by atoms with Crippen LogP contribution in [0.1, 0.15) is 21.7 Å². The minimum atomic E-state index is -0.160. The molecule has 3 aromatic rings. The van der Waals surface area contributed by atoms with E-state index in [0.29, 0.717) is 21.7 Å². The Labute approximate surface area is 164 Å². The van der Waals surface area contributed by atoms with Crippen molar-refractivity contribution in [3.63, 3.8) is 0 Å². The number of hydrogen-bond acceptors (Lipinski definition) is 7. The summed E-state index contributed by atoms with van der Waals surface area (Å²) in [5.74, 6) is 0.487. The zero-order chi connectivity index (χ0) is 19.2. The van der Waals surface area contributed by atoms with Crippen LogP contribution in [-0.2, 0) is 18.4 Å². The maximum absolute atomic E-state index is 12.3. The van der Waals surface area contributed by atoms with Crippen LogP contribution in [-0.4, -0.2) is 37.3 Å². The largest absolute Gasteiger partial charge is 0.345 e. The van der Waals surface area contributed by atoms with Crippen molar-refractivity contribution < 1.29 is 9.59 Å². The van der Waals surface area contributed by atoms with Crippen molar-refractivity contribution in [3.8, 4) is 0 Å². The van der Waals surface area contributed by atoms with Gasteiger partial charge in [0.05, 0.1) is 12.3 Å². The van der Waals surface area contributed by atoms with E-state index in [1.165, 1.54) is 23.1 Å². The molecule has 27 heavy (non-hydrogen) atoms. The van der Waals surface area contributed by atoms with E-state index in [9.17, 15) is 9.59 Å². The third-order valence-corrected chi connectivity index (χ3v) is 5.44. The summed E-state index contributed by atoms with van der Waals surface area (Å²) in [5, 5.41) is 16.7. The van der Waals surface area contributed by atoms with Crippen LogP contribution in [0, 0.1) is 6.92 Å². The summed E-state index contributed by atoms with van der Waals surface area (Å²) >= 11 is 2.64. The Morgan fingerprint density at radius 1 is 1.26 bits per heavy atom. The summed E-state index contributed by atoms with van der Waals surface area (Å²) in [6, 6.07) is 7.39. The molecule has 0 unspecified atom stereocenters. The number of amides is 2. The lowest BCUT2D eigenvalue weighted by molar-refractivity contribution is -0.113. The topological polar surface area (TPSA) is 102 Å². The molecule has 2 aromatic heterocycles. The normalized spacial score (nSPS) is 10.6. The predicted octanol–water partition coefficient (Wildman–Crippen LogP) is 2.24. The molecule has 0 atom stereocenters. The highest BCUT2D eigenvalue weighted by Gasteiger charge is 2.14. The quantitative estimate of drug-likeness (QED) is 0.588. The van der Waals surface area contributed by atoms with Crippen molar-refractivity contribution in [1.82, 2.24) is 25.1 Å². The molecule has 0 aliphatic heterocycles. The average Bonchev–Trinajstić information content (AvgIpc) is 3.28. The molecule has 2 N–H and O–H groups in total. The molecule has 3 rings (SSSR count). The van der Waals surface area contributed by atoms with E-state index in [4.69, 9.17) is 0 Å². The third-order valence-electron chi connectivity index (χ3n) is 3.73. The van der Waals surface area contributed by atoms with Crippen LogP contribution in [0.3, 0.4) is 0 Å². The molecule has 0 aliphatic carbocycles.